The van der Waals surface area contributed by atoms with Crippen molar-refractivity contribution in [1.82, 2.24) is 0 Å². The van der Waals surface area contributed by atoms with Crippen LogP contribution in [0.25, 0.3) is 0 Å². The fraction of sp³-hybridized carbons (Fsp3) is 0.900. The van der Waals surface area contributed by atoms with Gasteiger partial charge in [-0.2, -0.15) is 0 Å². The number of hydrogen-bond donors (Lipinski definition) is 1. The number of Topliss-reactive ketones (excluding diaryl/α,β-unsaturated/α-hetero) is 1. The van der Waals surface area contributed by atoms with Crippen LogP contribution in [0.5, 0.6) is 0 Å². The van der Waals surface area contributed by atoms with Crippen molar-refractivity contribution in [2.45, 2.75) is 50.9 Å². The fourth-order valence-electron chi connectivity index (χ4n) is 2.03. The molecule has 0 radical (unpaired) electrons. The minimum absolute atomic E-state index is 0.0406. The SMILES string of the molecule is CC(C)C1(O)CC(=O)C2(C)OC2C1. The predicted molar refractivity (Wildman–Crippen MR) is 47.3 cm³/mol. The number of carbonyl (C=O) groups is 1. The lowest BCUT2D eigenvalue weighted by molar-refractivity contribution is -0.132. The van der Waals surface area contributed by atoms with Gasteiger partial charge in [-0.25, -0.2) is 0 Å². The number of fused-ring (bicyclic) bond motifs is 1. The predicted octanol–water partition coefficient (Wildman–Crippen LogP) is 0.894. The van der Waals surface area contributed by atoms with Gasteiger partial charge in [0.15, 0.2) is 11.4 Å². The van der Waals surface area contributed by atoms with Gasteiger partial charge in [0.05, 0.1) is 11.7 Å². The van der Waals surface area contributed by atoms with Crippen molar-refractivity contribution in [3.8, 4) is 0 Å². The maximum absolute atomic E-state index is 11.6. The van der Waals surface area contributed by atoms with Crippen molar-refractivity contribution in [2.24, 2.45) is 5.92 Å². The topological polar surface area (TPSA) is 49.8 Å². The Morgan fingerprint density at radius 2 is 2.23 bits per heavy atom. The molecule has 3 unspecified atom stereocenters. The summed E-state index contributed by atoms with van der Waals surface area (Å²) in [7, 11) is 0. The molecular formula is C10H16O3. The molecule has 1 N–H and O–H groups in total. The highest BCUT2D eigenvalue weighted by Gasteiger charge is 2.65. The van der Waals surface area contributed by atoms with Crippen molar-refractivity contribution in [3.63, 3.8) is 0 Å². The molecule has 1 aliphatic heterocycles. The summed E-state index contributed by atoms with van der Waals surface area (Å²) in [6.07, 6.45) is 0.811. The number of ketones is 1. The van der Waals surface area contributed by atoms with Crippen LogP contribution in [0.3, 0.4) is 0 Å². The van der Waals surface area contributed by atoms with E-state index in [9.17, 15) is 9.90 Å². The van der Waals surface area contributed by atoms with Crippen LogP contribution in [0, 0.1) is 5.92 Å². The van der Waals surface area contributed by atoms with E-state index in [-0.39, 0.29) is 24.2 Å². The van der Waals surface area contributed by atoms with Gasteiger partial charge in [-0.15, -0.1) is 0 Å². The van der Waals surface area contributed by atoms with E-state index < -0.39 is 11.2 Å². The molecule has 0 aromatic carbocycles. The maximum atomic E-state index is 11.6. The number of aliphatic hydroxyl groups is 1. The first-order chi connectivity index (χ1) is 5.88. The van der Waals surface area contributed by atoms with Gasteiger partial charge in [0.1, 0.15) is 0 Å². The van der Waals surface area contributed by atoms with E-state index >= 15 is 0 Å². The van der Waals surface area contributed by atoms with E-state index in [0.29, 0.717) is 6.42 Å². The highest BCUT2D eigenvalue weighted by Crippen LogP contribution is 2.50. The molecule has 3 atom stereocenters. The highest BCUT2D eigenvalue weighted by molar-refractivity contribution is 5.92. The molecule has 1 saturated carbocycles. The van der Waals surface area contributed by atoms with Crippen LogP contribution in [-0.4, -0.2) is 28.2 Å². The zero-order valence-electron chi connectivity index (χ0n) is 8.33. The van der Waals surface area contributed by atoms with Crippen LogP contribution in [0.4, 0.5) is 0 Å². The normalized spacial score (nSPS) is 49.3. The number of epoxide rings is 1. The monoisotopic (exact) mass is 184 g/mol. The van der Waals surface area contributed by atoms with Gasteiger partial charge in [-0.05, 0) is 12.8 Å². The van der Waals surface area contributed by atoms with Crippen LogP contribution in [0.15, 0.2) is 0 Å². The van der Waals surface area contributed by atoms with Gasteiger partial charge < -0.3 is 9.84 Å². The first-order valence-electron chi connectivity index (χ1n) is 4.82. The highest BCUT2D eigenvalue weighted by atomic mass is 16.6. The number of ether oxygens (including phenoxy) is 1. The molecule has 3 nitrogen and oxygen atoms in total. The molecule has 0 amide bonds. The number of rotatable bonds is 1. The summed E-state index contributed by atoms with van der Waals surface area (Å²) in [5.41, 5.74) is -1.39. The summed E-state index contributed by atoms with van der Waals surface area (Å²) in [4.78, 5) is 11.6. The molecule has 2 fully saturated rings. The molecule has 13 heavy (non-hydrogen) atoms. The Morgan fingerprint density at radius 3 is 2.69 bits per heavy atom. The van der Waals surface area contributed by atoms with Gasteiger partial charge in [-0.1, -0.05) is 13.8 Å². The second kappa shape index (κ2) is 2.34. The lowest BCUT2D eigenvalue weighted by Gasteiger charge is -2.34. The molecule has 0 bridgehead atoms. The van der Waals surface area contributed by atoms with Crippen molar-refractivity contribution in [1.29, 1.82) is 0 Å². The molecule has 3 heteroatoms. The van der Waals surface area contributed by atoms with Gasteiger partial charge in [0.25, 0.3) is 0 Å². The minimum atomic E-state index is -0.836. The Balaban J connectivity index is 2.18. The molecule has 74 valence electrons. The summed E-state index contributed by atoms with van der Waals surface area (Å²) in [5, 5.41) is 10.1. The smallest absolute Gasteiger partial charge is 0.169 e. The Labute approximate surface area is 78.1 Å². The van der Waals surface area contributed by atoms with Crippen molar-refractivity contribution >= 4 is 5.78 Å². The molecular weight excluding hydrogens is 168 g/mol. The largest absolute Gasteiger partial charge is 0.389 e. The third-order valence-corrected chi connectivity index (χ3v) is 3.58. The van der Waals surface area contributed by atoms with Gasteiger partial charge >= 0.3 is 0 Å². The lowest BCUT2D eigenvalue weighted by Crippen LogP contribution is -2.47. The summed E-state index contributed by atoms with van der Waals surface area (Å²) in [5.74, 6) is 0.171. The van der Waals surface area contributed by atoms with Gasteiger partial charge in [0.2, 0.25) is 0 Å². The van der Waals surface area contributed by atoms with Crippen molar-refractivity contribution in [2.75, 3.05) is 0 Å². The second-order valence-electron chi connectivity index (χ2n) is 4.78. The maximum Gasteiger partial charge on any atom is 0.169 e. The Kier molecular flexibility index (Phi) is 1.65. The van der Waals surface area contributed by atoms with Crippen LogP contribution < -0.4 is 0 Å². The third kappa shape index (κ3) is 1.14. The molecule has 2 aliphatic rings. The number of carbonyl (C=O) groups excluding carboxylic acids is 1. The molecule has 0 spiro atoms. The van der Waals surface area contributed by atoms with E-state index in [1.54, 1.807) is 0 Å². The molecule has 1 saturated heterocycles. The average Bonchev–Trinajstić information content (AvgIpc) is 2.62. The van der Waals surface area contributed by atoms with Crippen LogP contribution in [-0.2, 0) is 9.53 Å². The fourth-order valence-corrected chi connectivity index (χ4v) is 2.03. The number of hydrogen-bond acceptors (Lipinski definition) is 3. The van der Waals surface area contributed by atoms with Gasteiger partial charge in [-0.3, -0.25) is 4.79 Å². The zero-order valence-corrected chi connectivity index (χ0v) is 8.33. The summed E-state index contributed by atoms with van der Waals surface area (Å²) < 4.78 is 5.31. The molecule has 2 rings (SSSR count). The quantitative estimate of drug-likeness (QED) is 0.616. The minimum Gasteiger partial charge on any atom is -0.389 e. The molecule has 1 aliphatic carbocycles. The van der Waals surface area contributed by atoms with E-state index in [1.807, 2.05) is 20.8 Å². The first kappa shape index (κ1) is 9.16. The summed E-state index contributed by atoms with van der Waals surface area (Å²) in [6, 6.07) is 0. The Hall–Kier alpha value is -0.410. The summed E-state index contributed by atoms with van der Waals surface area (Å²) >= 11 is 0. The third-order valence-electron chi connectivity index (χ3n) is 3.58. The van der Waals surface area contributed by atoms with Crippen LogP contribution >= 0.6 is 0 Å². The Bertz CT molecular complexity index is 261. The second-order valence-corrected chi connectivity index (χ2v) is 4.78. The van der Waals surface area contributed by atoms with E-state index in [1.165, 1.54) is 0 Å². The Morgan fingerprint density at radius 1 is 1.62 bits per heavy atom. The molecule has 0 aromatic rings. The molecule has 0 aromatic heterocycles. The van der Waals surface area contributed by atoms with Crippen LogP contribution in [0.2, 0.25) is 0 Å². The average molecular weight is 184 g/mol. The van der Waals surface area contributed by atoms with Crippen molar-refractivity contribution < 1.29 is 14.6 Å². The zero-order chi connectivity index (χ0) is 9.85. The molecule has 1 heterocycles. The van der Waals surface area contributed by atoms with E-state index in [2.05, 4.69) is 0 Å². The first-order valence-corrected chi connectivity index (χ1v) is 4.82. The lowest BCUT2D eigenvalue weighted by atomic mass is 9.73. The van der Waals surface area contributed by atoms with Crippen molar-refractivity contribution in [3.05, 3.63) is 0 Å². The van der Waals surface area contributed by atoms with Crippen LogP contribution in [0.1, 0.15) is 33.6 Å². The van der Waals surface area contributed by atoms with E-state index in [4.69, 9.17) is 4.74 Å². The standard InChI is InChI=1S/C10H16O3/c1-6(2)10(12)4-7(11)9(3)8(5-10)13-9/h6,8,12H,4-5H2,1-3H3. The van der Waals surface area contributed by atoms with E-state index in [0.717, 1.165) is 0 Å². The van der Waals surface area contributed by atoms with Gasteiger partial charge in [0, 0.05) is 12.8 Å². The summed E-state index contributed by atoms with van der Waals surface area (Å²) in [6.45, 7) is 5.70.